The lowest BCUT2D eigenvalue weighted by atomic mass is 9.93. The van der Waals surface area contributed by atoms with Crippen LogP contribution in [0.3, 0.4) is 0 Å². The molecule has 144 valence electrons. The molecule has 0 saturated carbocycles. The maximum Gasteiger partial charge on any atom is 0.253 e. The summed E-state index contributed by atoms with van der Waals surface area (Å²) in [6, 6.07) is 8.17. The molecular weight excluding hydrogens is 340 g/mol. The average molecular weight is 368 g/mol. The highest BCUT2D eigenvalue weighted by Crippen LogP contribution is 2.30. The van der Waals surface area contributed by atoms with Gasteiger partial charge in [-0.25, -0.2) is 0 Å². The summed E-state index contributed by atoms with van der Waals surface area (Å²) in [7, 11) is 0. The van der Waals surface area contributed by atoms with Gasteiger partial charge in [0.15, 0.2) is 0 Å². The predicted molar refractivity (Wildman–Crippen MR) is 105 cm³/mol. The van der Waals surface area contributed by atoms with Crippen molar-refractivity contribution in [1.82, 2.24) is 15.1 Å². The minimum absolute atomic E-state index is 0.0148. The first kappa shape index (κ1) is 18.0. The number of ether oxygens (including phenoxy) is 1. The molecule has 1 unspecified atom stereocenters. The van der Waals surface area contributed by atoms with Gasteiger partial charge in [0.1, 0.15) is 0 Å². The number of nitrogens with one attached hydrogen (secondary N) is 1. The SMILES string of the molecule is CC(C)n1cc2c(n1)C(NC(=O)c1ccccc1N1CCOCC1)CCC2. The maximum absolute atomic E-state index is 13.1. The fourth-order valence-electron chi connectivity index (χ4n) is 3.95. The first-order valence-corrected chi connectivity index (χ1v) is 9.94. The molecule has 27 heavy (non-hydrogen) atoms. The topological polar surface area (TPSA) is 59.4 Å². The predicted octanol–water partition coefficient (Wildman–Crippen LogP) is 3.11. The van der Waals surface area contributed by atoms with Crippen molar-refractivity contribution in [3.63, 3.8) is 0 Å². The summed E-state index contributed by atoms with van der Waals surface area (Å²) in [5.74, 6) is -0.0194. The van der Waals surface area contributed by atoms with Gasteiger partial charge < -0.3 is 15.0 Å². The highest BCUT2D eigenvalue weighted by atomic mass is 16.5. The Morgan fingerprint density at radius 1 is 1.26 bits per heavy atom. The molecule has 1 amide bonds. The first-order valence-electron chi connectivity index (χ1n) is 9.94. The van der Waals surface area contributed by atoms with Crippen LogP contribution in [0, 0.1) is 0 Å². The van der Waals surface area contributed by atoms with Gasteiger partial charge in [0.05, 0.1) is 30.5 Å². The van der Waals surface area contributed by atoms with E-state index in [2.05, 4.69) is 30.3 Å². The molecule has 6 heteroatoms. The molecule has 4 rings (SSSR count). The van der Waals surface area contributed by atoms with Crippen LogP contribution in [0.15, 0.2) is 30.5 Å². The van der Waals surface area contributed by atoms with E-state index in [1.165, 1.54) is 5.56 Å². The van der Waals surface area contributed by atoms with Crippen LogP contribution in [0.5, 0.6) is 0 Å². The standard InChI is InChI=1S/C21H28N4O2/c1-15(2)25-14-16-6-5-8-18(20(16)23-25)22-21(26)17-7-3-4-9-19(17)24-10-12-27-13-11-24/h3-4,7,9,14-15,18H,5-6,8,10-13H2,1-2H3,(H,22,26). The fourth-order valence-corrected chi connectivity index (χ4v) is 3.95. The summed E-state index contributed by atoms with van der Waals surface area (Å²) < 4.78 is 7.46. The Kier molecular flexibility index (Phi) is 5.16. The molecular formula is C21H28N4O2. The quantitative estimate of drug-likeness (QED) is 0.901. The van der Waals surface area contributed by atoms with Crippen molar-refractivity contribution in [2.75, 3.05) is 31.2 Å². The van der Waals surface area contributed by atoms with Gasteiger partial charge >= 0.3 is 0 Å². The number of morpholine rings is 1. The van der Waals surface area contributed by atoms with Crippen LogP contribution in [-0.4, -0.2) is 42.0 Å². The van der Waals surface area contributed by atoms with Crippen LogP contribution in [-0.2, 0) is 11.2 Å². The summed E-state index contributed by atoms with van der Waals surface area (Å²) in [6.45, 7) is 7.30. The number of carbonyl (C=O) groups excluding carboxylic acids is 1. The van der Waals surface area contributed by atoms with Crippen molar-refractivity contribution in [2.24, 2.45) is 0 Å². The van der Waals surface area contributed by atoms with Gasteiger partial charge in [0.2, 0.25) is 0 Å². The molecule has 1 atom stereocenters. The van der Waals surface area contributed by atoms with Crippen LogP contribution < -0.4 is 10.2 Å². The zero-order chi connectivity index (χ0) is 18.8. The van der Waals surface area contributed by atoms with Gasteiger partial charge in [-0.3, -0.25) is 9.48 Å². The molecule has 0 radical (unpaired) electrons. The van der Waals surface area contributed by atoms with E-state index in [-0.39, 0.29) is 11.9 Å². The van der Waals surface area contributed by atoms with Crippen LogP contribution in [0.4, 0.5) is 5.69 Å². The van der Waals surface area contributed by atoms with Crippen molar-refractivity contribution in [3.8, 4) is 0 Å². The summed E-state index contributed by atoms with van der Waals surface area (Å²) in [6.07, 6.45) is 5.19. The van der Waals surface area contributed by atoms with Crippen molar-refractivity contribution in [2.45, 2.75) is 45.2 Å². The van der Waals surface area contributed by atoms with Crippen LogP contribution in [0.1, 0.15) is 60.4 Å². The van der Waals surface area contributed by atoms with Gasteiger partial charge in [-0.2, -0.15) is 5.10 Å². The molecule has 1 N–H and O–H groups in total. The van der Waals surface area contributed by atoms with Gasteiger partial charge in [0.25, 0.3) is 5.91 Å². The smallest absolute Gasteiger partial charge is 0.253 e. The van der Waals surface area contributed by atoms with E-state index in [4.69, 9.17) is 9.84 Å². The monoisotopic (exact) mass is 368 g/mol. The number of hydrogen-bond donors (Lipinski definition) is 1. The molecule has 2 heterocycles. The van der Waals surface area contributed by atoms with Crippen molar-refractivity contribution < 1.29 is 9.53 Å². The maximum atomic E-state index is 13.1. The third kappa shape index (κ3) is 3.72. The summed E-state index contributed by atoms with van der Waals surface area (Å²) >= 11 is 0. The highest BCUT2D eigenvalue weighted by Gasteiger charge is 2.27. The second kappa shape index (κ2) is 7.72. The number of aromatic nitrogens is 2. The summed E-state index contributed by atoms with van der Waals surface area (Å²) in [5, 5.41) is 8.02. The number of aryl methyl sites for hydroxylation is 1. The lowest BCUT2D eigenvalue weighted by molar-refractivity contribution is 0.0930. The number of para-hydroxylation sites is 1. The number of fused-ring (bicyclic) bond motifs is 1. The molecule has 1 aliphatic carbocycles. The number of benzene rings is 1. The number of hydrogen-bond acceptors (Lipinski definition) is 4. The highest BCUT2D eigenvalue weighted by molar-refractivity contribution is 6.00. The second-order valence-electron chi connectivity index (χ2n) is 7.65. The summed E-state index contributed by atoms with van der Waals surface area (Å²) in [5.41, 5.74) is 4.02. The number of rotatable bonds is 4. The minimum atomic E-state index is -0.0194. The molecule has 1 saturated heterocycles. The van der Waals surface area contributed by atoms with Crippen LogP contribution in [0.25, 0.3) is 0 Å². The number of nitrogens with zero attached hydrogens (tertiary/aromatic N) is 3. The molecule has 1 aliphatic heterocycles. The first-order chi connectivity index (χ1) is 13.1. The Morgan fingerprint density at radius 2 is 2.04 bits per heavy atom. The lowest BCUT2D eigenvalue weighted by Crippen LogP contribution is -2.38. The van der Waals surface area contributed by atoms with Gasteiger partial charge in [-0.15, -0.1) is 0 Å². The number of anilines is 1. The Hall–Kier alpha value is -2.34. The Balaban J connectivity index is 1.56. The van der Waals surface area contributed by atoms with Gasteiger partial charge in [0, 0.05) is 31.0 Å². The molecule has 6 nitrogen and oxygen atoms in total. The largest absolute Gasteiger partial charge is 0.378 e. The lowest BCUT2D eigenvalue weighted by Gasteiger charge is -2.30. The van der Waals surface area contributed by atoms with E-state index in [0.717, 1.165) is 49.3 Å². The third-order valence-electron chi connectivity index (χ3n) is 5.44. The average Bonchev–Trinajstić information content (AvgIpc) is 3.14. The molecule has 1 aromatic carbocycles. The van der Waals surface area contributed by atoms with E-state index >= 15 is 0 Å². The van der Waals surface area contributed by atoms with Crippen LogP contribution >= 0.6 is 0 Å². The van der Waals surface area contributed by atoms with Gasteiger partial charge in [-0.1, -0.05) is 12.1 Å². The fraction of sp³-hybridized carbons (Fsp3) is 0.524. The van der Waals surface area contributed by atoms with Crippen molar-refractivity contribution >= 4 is 11.6 Å². The summed E-state index contributed by atoms with van der Waals surface area (Å²) in [4.78, 5) is 15.4. The number of amides is 1. The number of carbonyl (C=O) groups is 1. The zero-order valence-electron chi connectivity index (χ0n) is 16.1. The third-order valence-corrected chi connectivity index (χ3v) is 5.44. The van der Waals surface area contributed by atoms with Crippen molar-refractivity contribution in [1.29, 1.82) is 0 Å². The molecule has 1 aromatic heterocycles. The second-order valence-corrected chi connectivity index (χ2v) is 7.65. The molecule has 0 spiro atoms. The van der Waals surface area contributed by atoms with E-state index in [9.17, 15) is 4.79 Å². The van der Waals surface area contributed by atoms with Crippen molar-refractivity contribution in [3.05, 3.63) is 47.3 Å². The zero-order valence-corrected chi connectivity index (χ0v) is 16.1. The Labute approximate surface area is 160 Å². The van der Waals surface area contributed by atoms with E-state index < -0.39 is 0 Å². The minimum Gasteiger partial charge on any atom is -0.378 e. The molecule has 0 bridgehead atoms. The normalized spacial score (nSPS) is 19.8. The molecule has 2 aromatic rings. The van der Waals surface area contributed by atoms with E-state index in [1.807, 2.05) is 28.9 Å². The molecule has 2 aliphatic rings. The van der Waals surface area contributed by atoms with Gasteiger partial charge in [-0.05, 0) is 50.8 Å². The van der Waals surface area contributed by atoms with Crippen LogP contribution in [0.2, 0.25) is 0 Å². The Bertz CT molecular complexity index is 808. The van der Waals surface area contributed by atoms with E-state index in [0.29, 0.717) is 19.3 Å². The molecule has 1 fully saturated rings. The Morgan fingerprint density at radius 3 is 2.81 bits per heavy atom. The van der Waals surface area contributed by atoms with E-state index in [1.54, 1.807) is 0 Å².